The van der Waals surface area contributed by atoms with E-state index in [1.165, 1.54) is 43.0 Å². The van der Waals surface area contributed by atoms with Crippen molar-refractivity contribution >= 4 is 68.1 Å². The fourth-order valence-electron chi connectivity index (χ4n) is 6.88. The monoisotopic (exact) mass is 709 g/mol. The van der Waals surface area contributed by atoms with Crippen molar-refractivity contribution in [2.24, 2.45) is 5.41 Å². The molecular formula is C34H42BrFN7O2P. The van der Waals surface area contributed by atoms with E-state index in [4.69, 9.17) is 9.72 Å². The maximum absolute atomic E-state index is 14.6. The zero-order chi connectivity index (χ0) is 32.6. The number of hydrogen-bond donors (Lipinski definition) is 3. The number of aromatic nitrogens is 3. The third kappa shape index (κ3) is 6.60. The Labute approximate surface area is 278 Å². The Bertz CT molecular complexity index is 1820. The summed E-state index contributed by atoms with van der Waals surface area (Å²) in [5, 5.41) is 11.2. The number of fused-ring (bicyclic) bond motifs is 1. The van der Waals surface area contributed by atoms with Gasteiger partial charge in [0.05, 0.1) is 34.2 Å². The highest BCUT2D eigenvalue weighted by atomic mass is 79.9. The first kappa shape index (κ1) is 32.7. The highest BCUT2D eigenvalue weighted by Gasteiger charge is 2.36. The van der Waals surface area contributed by atoms with Crippen LogP contribution in [0.2, 0.25) is 0 Å². The molecule has 6 rings (SSSR count). The standard InChI is InChI=1S/C34H42BrFN7O2P/c1-6-22-17-28(30(45-3)19-29(22)43-15-11-34(12-16-43)9-13-37-14-10-34)41-33-38-20-24(35)32(42-33)40-27-8-7-26-23(31(27)46(4,5)44)18-25(36)21(2)39-26/h7-8,17-20,37H,6,9-16H2,1-5H3,(H2,38,40,41,42). The Balaban J connectivity index is 1.28. The summed E-state index contributed by atoms with van der Waals surface area (Å²) in [5.74, 6) is 1.12. The summed E-state index contributed by atoms with van der Waals surface area (Å²) in [6, 6.07) is 9.29. The van der Waals surface area contributed by atoms with Gasteiger partial charge in [-0.2, -0.15) is 4.98 Å². The molecule has 46 heavy (non-hydrogen) atoms. The number of piperidine rings is 2. The van der Waals surface area contributed by atoms with E-state index in [2.05, 4.69) is 65.8 Å². The fraction of sp³-hybridized carbons (Fsp3) is 0.441. The van der Waals surface area contributed by atoms with Crippen LogP contribution in [0.1, 0.15) is 43.9 Å². The second kappa shape index (κ2) is 13.1. The molecule has 9 nitrogen and oxygen atoms in total. The largest absolute Gasteiger partial charge is 0.494 e. The second-order valence-corrected chi connectivity index (χ2v) is 16.9. The molecule has 0 aliphatic carbocycles. The van der Waals surface area contributed by atoms with Crippen molar-refractivity contribution in [2.45, 2.75) is 46.0 Å². The molecular weight excluding hydrogens is 668 g/mol. The number of anilines is 5. The SMILES string of the molecule is CCc1cc(Nc2ncc(Br)c(Nc3ccc4nc(C)c(F)cc4c3P(C)(C)=O)n2)c(OC)cc1N1CCC2(CCNCC2)CC1. The first-order valence-electron chi connectivity index (χ1n) is 15.9. The molecule has 0 radical (unpaired) electrons. The van der Waals surface area contributed by atoms with Crippen LogP contribution in [-0.2, 0) is 11.0 Å². The van der Waals surface area contributed by atoms with Gasteiger partial charge in [0.25, 0.3) is 0 Å². The van der Waals surface area contributed by atoms with Crippen molar-refractivity contribution in [3.63, 3.8) is 0 Å². The highest BCUT2D eigenvalue weighted by Crippen LogP contribution is 2.44. The lowest BCUT2D eigenvalue weighted by molar-refractivity contribution is 0.155. The van der Waals surface area contributed by atoms with Crippen molar-refractivity contribution in [1.82, 2.24) is 20.3 Å². The molecule has 1 spiro atoms. The van der Waals surface area contributed by atoms with Crippen LogP contribution in [0, 0.1) is 18.2 Å². The van der Waals surface area contributed by atoms with Gasteiger partial charge in [0.1, 0.15) is 24.5 Å². The summed E-state index contributed by atoms with van der Waals surface area (Å²) in [4.78, 5) is 16.2. The molecule has 2 aromatic carbocycles. The quantitative estimate of drug-likeness (QED) is 0.160. The molecule has 4 aromatic rings. The van der Waals surface area contributed by atoms with Gasteiger partial charge in [-0.25, -0.2) is 9.37 Å². The summed E-state index contributed by atoms with van der Waals surface area (Å²) < 4.78 is 34.6. The first-order valence-corrected chi connectivity index (χ1v) is 19.3. The Morgan fingerprint density at radius 2 is 1.80 bits per heavy atom. The minimum absolute atomic E-state index is 0.298. The number of nitrogens with one attached hydrogen (secondary N) is 3. The average molecular weight is 711 g/mol. The molecule has 2 aromatic heterocycles. The minimum Gasteiger partial charge on any atom is -0.494 e. The summed E-state index contributed by atoms with van der Waals surface area (Å²) in [5.41, 5.74) is 5.17. The van der Waals surface area contributed by atoms with E-state index in [1.807, 2.05) is 6.07 Å². The number of aryl methyl sites for hydroxylation is 2. The van der Waals surface area contributed by atoms with Crippen LogP contribution in [0.25, 0.3) is 10.9 Å². The molecule has 12 heteroatoms. The average Bonchev–Trinajstić information content (AvgIpc) is 3.03. The zero-order valence-electron chi connectivity index (χ0n) is 27.1. The van der Waals surface area contributed by atoms with Crippen LogP contribution in [0.3, 0.4) is 0 Å². The van der Waals surface area contributed by atoms with Gasteiger partial charge >= 0.3 is 0 Å². The molecule has 2 aliphatic heterocycles. The maximum atomic E-state index is 14.6. The van der Waals surface area contributed by atoms with Gasteiger partial charge in [-0.15, -0.1) is 0 Å². The fourth-order valence-corrected chi connectivity index (χ4v) is 8.64. The molecule has 2 aliphatic rings. The van der Waals surface area contributed by atoms with Gasteiger partial charge in [-0.05, 0) is 117 Å². The van der Waals surface area contributed by atoms with Crippen LogP contribution in [0.15, 0.2) is 41.0 Å². The predicted octanol–water partition coefficient (Wildman–Crippen LogP) is 7.51. The van der Waals surface area contributed by atoms with Crippen LogP contribution < -0.4 is 30.9 Å². The van der Waals surface area contributed by atoms with Gasteiger partial charge in [-0.3, -0.25) is 4.98 Å². The van der Waals surface area contributed by atoms with Crippen LogP contribution in [0.5, 0.6) is 5.75 Å². The second-order valence-electron chi connectivity index (χ2n) is 12.8. The number of rotatable bonds is 8. The lowest BCUT2D eigenvalue weighted by Gasteiger charge is -2.45. The van der Waals surface area contributed by atoms with Gasteiger partial charge in [0.15, 0.2) is 0 Å². The van der Waals surface area contributed by atoms with Crippen molar-refractivity contribution in [3.8, 4) is 5.75 Å². The van der Waals surface area contributed by atoms with E-state index in [0.717, 1.165) is 44.0 Å². The molecule has 0 amide bonds. The molecule has 2 saturated heterocycles. The number of hydrogen-bond acceptors (Lipinski definition) is 9. The molecule has 3 N–H and O–H groups in total. The van der Waals surface area contributed by atoms with Crippen LogP contribution in [0.4, 0.5) is 33.2 Å². The van der Waals surface area contributed by atoms with Crippen molar-refractivity contribution in [3.05, 3.63) is 58.1 Å². The lowest BCUT2D eigenvalue weighted by Crippen LogP contribution is -2.45. The number of benzene rings is 2. The molecule has 0 saturated carbocycles. The third-order valence-electron chi connectivity index (χ3n) is 9.49. The van der Waals surface area contributed by atoms with Gasteiger partial charge in [0.2, 0.25) is 5.95 Å². The lowest BCUT2D eigenvalue weighted by atomic mass is 9.71. The summed E-state index contributed by atoms with van der Waals surface area (Å²) in [6.45, 7) is 11.5. The van der Waals surface area contributed by atoms with Crippen molar-refractivity contribution in [1.29, 1.82) is 0 Å². The summed E-state index contributed by atoms with van der Waals surface area (Å²) in [7, 11) is -1.19. The number of pyridine rings is 1. The third-order valence-corrected chi connectivity index (χ3v) is 11.6. The molecule has 244 valence electrons. The molecule has 4 heterocycles. The molecule has 0 unspecified atom stereocenters. The number of ether oxygens (including phenoxy) is 1. The Hall–Kier alpha value is -3.27. The summed E-state index contributed by atoms with van der Waals surface area (Å²) in [6.07, 6.45) is 7.52. The number of nitrogens with zero attached hydrogens (tertiary/aromatic N) is 4. The molecule has 0 bridgehead atoms. The Morgan fingerprint density at radius 3 is 2.48 bits per heavy atom. The Morgan fingerprint density at radius 1 is 1.07 bits per heavy atom. The zero-order valence-corrected chi connectivity index (χ0v) is 29.6. The highest BCUT2D eigenvalue weighted by molar-refractivity contribution is 9.10. The van der Waals surface area contributed by atoms with Gasteiger partial charge in [0, 0.05) is 41.7 Å². The van der Waals surface area contributed by atoms with E-state index in [1.54, 1.807) is 39.6 Å². The molecule has 0 atom stereocenters. The van der Waals surface area contributed by atoms with Crippen molar-refractivity contribution < 1.29 is 13.7 Å². The minimum atomic E-state index is -2.87. The number of halogens is 2. The van der Waals surface area contributed by atoms with Gasteiger partial charge in [-0.1, -0.05) is 6.92 Å². The van der Waals surface area contributed by atoms with Crippen LogP contribution >= 0.6 is 23.1 Å². The van der Waals surface area contributed by atoms with Crippen LogP contribution in [-0.4, -0.2) is 61.6 Å². The predicted molar refractivity (Wildman–Crippen MR) is 190 cm³/mol. The first-order chi connectivity index (χ1) is 22.0. The van der Waals surface area contributed by atoms with Gasteiger partial charge < -0.3 is 30.2 Å². The molecule has 2 fully saturated rings. The maximum Gasteiger partial charge on any atom is 0.229 e. The Kier molecular flexibility index (Phi) is 9.29. The van der Waals surface area contributed by atoms with E-state index in [0.29, 0.717) is 49.2 Å². The smallest absolute Gasteiger partial charge is 0.229 e. The summed E-state index contributed by atoms with van der Waals surface area (Å²) >= 11 is 3.56. The van der Waals surface area contributed by atoms with E-state index < -0.39 is 13.0 Å². The van der Waals surface area contributed by atoms with Crippen molar-refractivity contribution in [2.75, 3.05) is 62.2 Å². The van der Waals surface area contributed by atoms with E-state index in [9.17, 15) is 8.96 Å². The topological polar surface area (TPSA) is 104 Å². The number of methoxy groups -OCH3 is 1. The van der Waals surface area contributed by atoms with E-state index in [-0.39, 0.29) is 0 Å². The normalized spacial score (nSPS) is 16.5. The van der Waals surface area contributed by atoms with E-state index >= 15 is 0 Å².